The summed E-state index contributed by atoms with van der Waals surface area (Å²) in [5.74, 6) is 0.497. The summed E-state index contributed by atoms with van der Waals surface area (Å²) in [4.78, 5) is 25.2. The van der Waals surface area contributed by atoms with Crippen LogP contribution in [0.4, 0.5) is 0 Å². The summed E-state index contributed by atoms with van der Waals surface area (Å²) in [5, 5.41) is 0. The molecule has 1 rings (SSSR count). The van der Waals surface area contributed by atoms with Gasteiger partial charge in [0, 0.05) is 12.8 Å². The van der Waals surface area contributed by atoms with Gasteiger partial charge >= 0.3 is 0 Å². The average Bonchev–Trinajstić information content (AvgIpc) is 2.58. The molecule has 0 atom stereocenters. The quantitative estimate of drug-likeness (QED) is 0.606. The van der Waals surface area contributed by atoms with Gasteiger partial charge in [-0.3, -0.25) is 9.59 Å². The van der Waals surface area contributed by atoms with Gasteiger partial charge in [-0.15, -0.1) is 0 Å². The standard InChI is InChI=1S/C18H26O6/c1-7-9-11(19)13-15(21-3)17(23-5)14(12(20)10-8-2)18(24-6)16(13)22-4/h7-10H2,1-6H3. The monoisotopic (exact) mass is 338 g/mol. The van der Waals surface area contributed by atoms with Crippen LogP contribution in [-0.2, 0) is 0 Å². The van der Waals surface area contributed by atoms with Crippen molar-refractivity contribution in [2.45, 2.75) is 39.5 Å². The second-order valence-electron chi connectivity index (χ2n) is 5.23. The zero-order chi connectivity index (χ0) is 18.3. The molecular weight excluding hydrogens is 312 g/mol. The first-order chi connectivity index (χ1) is 11.5. The molecule has 1 aromatic rings. The van der Waals surface area contributed by atoms with E-state index in [-0.39, 0.29) is 45.7 Å². The zero-order valence-electron chi connectivity index (χ0n) is 15.3. The molecule has 0 bridgehead atoms. The molecule has 0 aromatic heterocycles. The van der Waals surface area contributed by atoms with Crippen molar-refractivity contribution < 1.29 is 28.5 Å². The van der Waals surface area contributed by atoms with E-state index in [4.69, 9.17) is 18.9 Å². The molecule has 0 spiro atoms. The third-order valence-corrected chi connectivity index (χ3v) is 3.65. The van der Waals surface area contributed by atoms with E-state index in [1.54, 1.807) is 0 Å². The Kier molecular flexibility index (Phi) is 7.55. The first-order valence-electron chi connectivity index (χ1n) is 7.98. The van der Waals surface area contributed by atoms with Crippen molar-refractivity contribution in [2.24, 2.45) is 0 Å². The van der Waals surface area contributed by atoms with Gasteiger partial charge in [0.2, 0.25) is 0 Å². The normalized spacial score (nSPS) is 10.2. The Bertz CT molecular complexity index is 520. The maximum atomic E-state index is 12.6. The minimum atomic E-state index is -0.155. The van der Waals surface area contributed by atoms with Crippen LogP contribution in [0.1, 0.15) is 60.2 Å². The number of ketones is 2. The Labute approximate surface area is 143 Å². The van der Waals surface area contributed by atoms with Gasteiger partial charge in [-0.25, -0.2) is 0 Å². The van der Waals surface area contributed by atoms with Crippen LogP contribution in [-0.4, -0.2) is 40.0 Å². The number of rotatable bonds is 10. The molecule has 0 unspecified atom stereocenters. The molecule has 0 heterocycles. The predicted octanol–water partition coefficient (Wildman–Crippen LogP) is 3.69. The molecule has 0 aliphatic heterocycles. The number of Topliss-reactive ketones (excluding diaryl/α,β-unsaturated/α-hetero) is 2. The Balaban J connectivity index is 3.86. The highest BCUT2D eigenvalue weighted by Crippen LogP contribution is 2.49. The first kappa shape index (κ1) is 19.8. The Hall–Kier alpha value is -2.24. The van der Waals surface area contributed by atoms with Crippen molar-refractivity contribution in [3.05, 3.63) is 11.1 Å². The van der Waals surface area contributed by atoms with Crippen molar-refractivity contribution in [3.63, 3.8) is 0 Å². The summed E-state index contributed by atoms with van der Waals surface area (Å²) in [6, 6.07) is 0. The number of ether oxygens (including phenoxy) is 4. The van der Waals surface area contributed by atoms with Crippen molar-refractivity contribution >= 4 is 11.6 Å². The predicted molar refractivity (Wildman–Crippen MR) is 91.1 cm³/mol. The number of carbonyl (C=O) groups excluding carboxylic acids is 2. The van der Waals surface area contributed by atoms with E-state index in [2.05, 4.69) is 0 Å². The molecule has 0 saturated heterocycles. The lowest BCUT2D eigenvalue weighted by atomic mass is 9.96. The van der Waals surface area contributed by atoms with Gasteiger partial charge in [-0.05, 0) is 12.8 Å². The van der Waals surface area contributed by atoms with E-state index in [1.807, 2.05) is 13.8 Å². The first-order valence-corrected chi connectivity index (χ1v) is 7.98. The van der Waals surface area contributed by atoms with Crippen molar-refractivity contribution in [2.75, 3.05) is 28.4 Å². The fraction of sp³-hybridized carbons (Fsp3) is 0.556. The molecule has 6 nitrogen and oxygen atoms in total. The van der Waals surface area contributed by atoms with Gasteiger partial charge in [0.15, 0.2) is 34.6 Å². The van der Waals surface area contributed by atoms with Gasteiger partial charge < -0.3 is 18.9 Å². The van der Waals surface area contributed by atoms with Crippen molar-refractivity contribution in [1.82, 2.24) is 0 Å². The molecule has 0 fully saturated rings. The fourth-order valence-electron chi connectivity index (χ4n) is 2.65. The Morgan fingerprint density at radius 1 is 0.625 bits per heavy atom. The Morgan fingerprint density at radius 2 is 0.875 bits per heavy atom. The lowest BCUT2D eigenvalue weighted by molar-refractivity contribution is 0.0957. The number of benzene rings is 1. The van der Waals surface area contributed by atoms with Crippen LogP contribution in [0.5, 0.6) is 23.0 Å². The van der Waals surface area contributed by atoms with Crippen molar-refractivity contribution in [1.29, 1.82) is 0 Å². The third kappa shape index (κ3) is 3.63. The highest BCUT2D eigenvalue weighted by atomic mass is 16.5. The van der Waals surface area contributed by atoms with E-state index >= 15 is 0 Å². The van der Waals surface area contributed by atoms with E-state index < -0.39 is 0 Å². The molecule has 0 aliphatic carbocycles. The minimum Gasteiger partial charge on any atom is -0.492 e. The average molecular weight is 338 g/mol. The zero-order valence-corrected chi connectivity index (χ0v) is 15.3. The largest absolute Gasteiger partial charge is 0.492 e. The summed E-state index contributed by atoms with van der Waals surface area (Å²) in [7, 11) is 5.72. The van der Waals surface area contributed by atoms with Gasteiger partial charge in [0.1, 0.15) is 11.1 Å². The number of hydrogen-bond donors (Lipinski definition) is 0. The molecule has 0 N–H and O–H groups in total. The van der Waals surface area contributed by atoms with Crippen LogP contribution in [0.15, 0.2) is 0 Å². The van der Waals surface area contributed by atoms with Crippen LogP contribution in [0.3, 0.4) is 0 Å². The summed E-state index contributed by atoms with van der Waals surface area (Å²) in [6.07, 6.45) is 1.99. The smallest absolute Gasteiger partial charge is 0.176 e. The SMILES string of the molecule is CCCC(=O)c1c(OC)c(OC)c(C(=O)CCC)c(OC)c1OC. The number of carbonyl (C=O) groups is 2. The van der Waals surface area contributed by atoms with E-state index in [0.29, 0.717) is 25.7 Å². The van der Waals surface area contributed by atoms with E-state index in [1.165, 1.54) is 28.4 Å². The number of hydrogen-bond acceptors (Lipinski definition) is 6. The highest BCUT2D eigenvalue weighted by molar-refractivity contribution is 6.09. The van der Waals surface area contributed by atoms with Gasteiger partial charge in [0.25, 0.3) is 0 Å². The number of methoxy groups -OCH3 is 4. The molecular formula is C18H26O6. The van der Waals surface area contributed by atoms with Gasteiger partial charge in [-0.1, -0.05) is 13.8 Å². The van der Waals surface area contributed by atoms with Crippen molar-refractivity contribution in [3.8, 4) is 23.0 Å². The Morgan fingerprint density at radius 3 is 1.04 bits per heavy atom. The van der Waals surface area contributed by atoms with Crippen LogP contribution in [0, 0.1) is 0 Å². The summed E-state index contributed by atoms with van der Waals surface area (Å²) >= 11 is 0. The second kappa shape index (κ2) is 9.15. The second-order valence-corrected chi connectivity index (χ2v) is 5.23. The van der Waals surface area contributed by atoms with Crippen LogP contribution in [0.2, 0.25) is 0 Å². The minimum absolute atomic E-state index is 0.155. The fourth-order valence-corrected chi connectivity index (χ4v) is 2.65. The molecule has 0 radical (unpaired) electrons. The van der Waals surface area contributed by atoms with Gasteiger partial charge in [0.05, 0.1) is 28.4 Å². The van der Waals surface area contributed by atoms with Crippen LogP contribution in [0.25, 0.3) is 0 Å². The van der Waals surface area contributed by atoms with Crippen LogP contribution >= 0.6 is 0 Å². The topological polar surface area (TPSA) is 71.1 Å². The molecule has 0 aliphatic rings. The van der Waals surface area contributed by atoms with Gasteiger partial charge in [-0.2, -0.15) is 0 Å². The molecule has 134 valence electrons. The molecule has 24 heavy (non-hydrogen) atoms. The lowest BCUT2D eigenvalue weighted by Crippen LogP contribution is -2.13. The third-order valence-electron chi connectivity index (χ3n) is 3.65. The molecule has 0 amide bonds. The van der Waals surface area contributed by atoms with Crippen LogP contribution < -0.4 is 18.9 Å². The molecule has 0 saturated carbocycles. The highest BCUT2D eigenvalue weighted by Gasteiger charge is 2.33. The maximum Gasteiger partial charge on any atom is 0.176 e. The summed E-state index contributed by atoms with van der Waals surface area (Å²) < 4.78 is 21.6. The van der Waals surface area contributed by atoms with E-state index in [9.17, 15) is 9.59 Å². The lowest BCUT2D eigenvalue weighted by Gasteiger charge is -2.22. The maximum absolute atomic E-state index is 12.6. The molecule has 1 aromatic carbocycles. The van der Waals surface area contributed by atoms with E-state index in [0.717, 1.165) is 0 Å². The summed E-state index contributed by atoms with van der Waals surface area (Å²) in [6.45, 7) is 3.81. The summed E-state index contributed by atoms with van der Waals surface area (Å²) in [5.41, 5.74) is 0.479. The molecule has 6 heteroatoms.